The smallest absolute Gasteiger partial charge is 0.227 e. The highest BCUT2D eigenvalue weighted by Gasteiger charge is 2.19. The third-order valence-electron chi connectivity index (χ3n) is 4.46. The predicted octanol–water partition coefficient (Wildman–Crippen LogP) is 3.91. The van der Waals surface area contributed by atoms with Crippen molar-refractivity contribution in [1.82, 2.24) is 10.6 Å². The molecule has 0 bridgehead atoms. The summed E-state index contributed by atoms with van der Waals surface area (Å²) in [5.74, 6) is 0.0639. The highest BCUT2D eigenvalue weighted by molar-refractivity contribution is 5.85. The molecule has 1 aliphatic heterocycles. The molecule has 2 aromatic rings. The summed E-state index contributed by atoms with van der Waals surface area (Å²) in [7, 11) is 0. The number of halogens is 1. The monoisotopic (exact) mass is 344 g/mol. The number of rotatable bonds is 6. The largest absolute Gasteiger partial charge is 0.351 e. The van der Waals surface area contributed by atoms with Crippen LogP contribution in [-0.4, -0.2) is 5.91 Å². The molecule has 3 rings (SSSR count). The van der Waals surface area contributed by atoms with E-state index in [1.54, 1.807) is 0 Å². The van der Waals surface area contributed by atoms with Gasteiger partial charge >= 0.3 is 0 Å². The summed E-state index contributed by atoms with van der Waals surface area (Å²) in [5.41, 5.74) is 4.99. The van der Waals surface area contributed by atoms with Crippen LogP contribution in [0.5, 0.6) is 0 Å². The maximum atomic E-state index is 12.6. The average molecular weight is 345 g/mol. The lowest BCUT2D eigenvalue weighted by molar-refractivity contribution is -0.122. The van der Waals surface area contributed by atoms with Crippen molar-refractivity contribution in [1.29, 1.82) is 0 Å². The van der Waals surface area contributed by atoms with Gasteiger partial charge in [-0.05, 0) is 28.7 Å². The second-order valence-corrected chi connectivity index (χ2v) is 6.18. The molecule has 1 unspecified atom stereocenters. The summed E-state index contributed by atoms with van der Waals surface area (Å²) in [4.78, 5) is 12.6. The topological polar surface area (TPSA) is 41.1 Å². The molecule has 0 spiro atoms. The van der Waals surface area contributed by atoms with Crippen LogP contribution in [0, 0.1) is 0 Å². The van der Waals surface area contributed by atoms with Gasteiger partial charge in [-0.25, -0.2) is 0 Å². The molecule has 128 valence electrons. The molecule has 2 N–H and O–H groups in total. The van der Waals surface area contributed by atoms with Crippen molar-refractivity contribution in [2.75, 3.05) is 0 Å². The van der Waals surface area contributed by atoms with Crippen LogP contribution in [0.25, 0.3) is 0 Å². The number of benzene rings is 2. The van der Waals surface area contributed by atoms with Gasteiger partial charge in [0.15, 0.2) is 0 Å². The van der Waals surface area contributed by atoms with E-state index in [4.69, 9.17) is 0 Å². The lowest BCUT2D eigenvalue weighted by atomic mass is 9.93. The summed E-state index contributed by atoms with van der Waals surface area (Å²) in [6.07, 6.45) is 1.88. The zero-order valence-electron chi connectivity index (χ0n) is 14.0. The molecular formula is C20H25ClN2O. The van der Waals surface area contributed by atoms with Crippen LogP contribution in [-0.2, 0) is 24.4 Å². The van der Waals surface area contributed by atoms with Crippen LogP contribution >= 0.6 is 12.4 Å². The first-order valence-corrected chi connectivity index (χ1v) is 8.42. The van der Waals surface area contributed by atoms with Crippen molar-refractivity contribution in [3.8, 4) is 0 Å². The second kappa shape index (κ2) is 8.86. The van der Waals surface area contributed by atoms with E-state index in [0.29, 0.717) is 6.54 Å². The molecule has 3 nitrogen and oxygen atoms in total. The van der Waals surface area contributed by atoms with Gasteiger partial charge < -0.3 is 10.6 Å². The minimum atomic E-state index is -0.0581. The molecule has 0 fully saturated rings. The Morgan fingerprint density at radius 1 is 1.12 bits per heavy atom. The van der Waals surface area contributed by atoms with Gasteiger partial charge in [-0.15, -0.1) is 12.4 Å². The number of carbonyl (C=O) groups is 1. The van der Waals surface area contributed by atoms with Crippen LogP contribution < -0.4 is 10.6 Å². The molecule has 1 amide bonds. The van der Waals surface area contributed by atoms with E-state index in [0.717, 1.165) is 31.5 Å². The quantitative estimate of drug-likeness (QED) is 0.834. The number of hydrogen-bond donors (Lipinski definition) is 2. The van der Waals surface area contributed by atoms with Crippen LogP contribution in [0.4, 0.5) is 0 Å². The molecule has 24 heavy (non-hydrogen) atoms. The standard InChI is InChI=1S/C20H24N2O.ClH/c1-2-6-19(16-7-4-3-5-8-16)20(23)22-12-15-9-10-17-13-21-14-18(17)11-15;/h3-5,7-11,19,21H,2,6,12-14H2,1H3,(H,22,23);1H. The van der Waals surface area contributed by atoms with Crippen LogP contribution in [0.3, 0.4) is 0 Å². The first-order chi connectivity index (χ1) is 11.3. The Labute approximate surface area is 150 Å². The normalized spacial score (nSPS) is 13.7. The third kappa shape index (κ3) is 4.37. The first-order valence-electron chi connectivity index (χ1n) is 8.42. The number of hydrogen-bond acceptors (Lipinski definition) is 2. The van der Waals surface area contributed by atoms with Crippen molar-refractivity contribution < 1.29 is 4.79 Å². The fraction of sp³-hybridized carbons (Fsp3) is 0.350. The van der Waals surface area contributed by atoms with E-state index >= 15 is 0 Å². The van der Waals surface area contributed by atoms with Crippen LogP contribution in [0.15, 0.2) is 48.5 Å². The SMILES string of the molecule is CCCC(C(=O)NCc1ccc2c(c1)CNC2)c1ccccc1.Cl. The molecule has 1 heterocycles. The van der Waals surface area contributed by atoms with Crippen molar-refractivity contribution in [3.63, 3.8) is 0 Å². The highest BCUT2D eigenvalue weighted by atomic mass is 35.5. The van der Waals surface area contributed by atoms with Gasteiger partial charge in [-0.1, -0.05) is 61.9 Å². The number of carbonyl (C=O) groups excluding carboxylic acids is 1. The summed E-state index contributed by atoms with van der Waals surface area (Å²) >= 11 is 0. The third-order valence-corrected chi connectivity index (χ3v) is 4.46. The van der Waals surface area contributed by atoms with Crippen LogP contribution in [0.2, 0.25) is 0 Å². The summed E-state index contributed by atoms with van der Waals surface area (Å²) in [6, 6.07) is 16.6. The van der Waals surface area contributed by atoms with E-state index in [9.17, 15) is 4.79 Å². The van der Waals surface area contributed by atoms with Gasteiger partial charge in [0.25, 0.3) is 0 Å². The molecule has 2 aromatic carbocycles. The maximum absolute atomic E-state index is 12.6. The average Bonchev–Trinajstić information content (AvgIpc) is 3.06. The summed E-state index contributed by atoms with van der Waals surface area (Å²) in [6.45, 7) is 4.60. The minimum Gasteiger partial charge on any atom is -0.351 e. The maximum Gasteiger partial charge on any atom is 0.227 e. The fourth-order valence-electron chi connectivity index (χ4n) is 3.19. The minimum absolute atomic E-state index is 0. The Hall–Kier alpha value is -1.84. The molecule has 0 radical (unpaired) electrons. The lowest BCUT2D eigenvalue weighted by Crippen LogP contribution is -2.29. The van der Waals surface area contributed by atoms with Gasteiger partial charge in [0, 0.05) is 19.6 Å². The van der Waals surface area contributed by atoms with Gasteiger partial charge in [-0.3, -0.25) is 4.79 Å². The number of nitrogens with one attached hydrogen (secondary N) is 2. The molecule has 1 aliphatic rings. The molecule has 0 aromatic heterocycles. The lowest BCUT2D eigenvalue weighted by Gasteiger charge is -2.17. The molecule has 4 heteroatoms. The Morgan fingerprint density at radius 2 is 1.88 bits per heavy atom. The summed E-state index contributed by atoms with van der Waals surface area (Å²) in [5, 5.41) is 6.46. The fourth-order valence-corrected chi connectivity index (χ4v) is 3.19. The molecule has 0 saturated heterocycles. The van der Waals surface area contributed by atoms with Gasteiger partial charge in [0.2, 0.25) is 5.91 Å². The summed E-state index contributed by atoms with van der Waals surface area (Å²) < 4.78 is 0. The molecular weight excluding hydrogens is 320 g/mol. The molecule has 0 aliphatic carbocycles. The van der Waals surface area contributed by atoms with Crippen molar-refractivity contribution in [2.24, 2.45) is 0 Å². The van der Waals surface area contributed by atoms with E-state index in [2.05, 4.69) is 35.8 Å². The first kappa shape index (κ1) is 18.5. The second-order valence-electron chi connectivity index (χ2n) is 6.18. The van der Waals surface area contributed by atoms with Crippen LogP contribution in [0.1, 0.15) is 47.9 Å². The van der Waals surface area contributed by atoms with E-state index in [1.807, 2.05) is 30.3 Å². The van der Waals surface area contributed by atoms with E-state index in [-0.39, 0.29) is 24.2 Å². The Balaban J connectivity index is 0.00000208. The van der Waals surface area contributed by atoms with Crippen molar-refractivity contribution in [3.05, 3.63) is 70.8 Å². The van der Waals surface area contributed by atoms with E-state index < -0.39 is 0 Å². The highest BCUT2D eigenvalue weighted by Crippen LogP contribution is 2.22. The van der Waals surface area contributed by atoms with Gasteiger partial charge in [0.05, 0.1) is 5.92 Å². The zero-order valence-corrected chi connectivity index (χ0v) is 14.9. The van der Waals surface area contributed by atoms with E-state index in [1.165, 1.54) is 16.7 Å². The predicted molar refractivity (Wildman–Crippen MR) is 100 cm³/mol. The van der Waals surface area contributed by atoms with Gasteiger partial charge in [-0.2, -0.15) is 0 Å². The van der Waals surface area contributed by atoms with Crippen molar-refractivity contribution in [2.45, 2.75) is 45.3 Å². The van der Waals surface area contributed by atoms with Crippen molar-refractivity contribution >= 4 is 18.3 Å². The van der Waals surface area contributed by atoms with Gasteiger partial charge in [0.1, 0.15) is 0 Å². The number of amides is 1. The Bertz CT molecular complexity index is 673. The number of fused-ring (bicyclic) bond motifs is 1. The zero-order chi connectivity index (χ0) is 16.1. The molecule has 0 saturated carbocycles. The Kier molecular flexibility index (Phi) is 6.83. The Morgan fingerprint density at radius 3 is 2.62 bits per heavy atom. The molecule has 1 atom stereocenters.